The second-order valence-electron chi connectivity index (χ2n) is 3.36. The number of anilines is 1. The molecule has 0 saturated heterocycles. The number of nitrogens with one attached hydrogen (secondary N) is 1. The number of hydrogen-bond acceptors (Lipinski definition) is 5. The molecule has 0 spiro atoms. The van der Waals surface area contributed by atoms with Gasteiger partial charge in [0.15, 0.2) is 0 Å². The molecule has 1 amide bonds. The monoisotopic (exact) mass is 312 g/mol. The minimum Gasteiger partial charge on any atom is -0.288 e. The van der Waals surface area contributed by atoms with Gasteiger partial charge < -0.3 is 0 Å². The van der Waals surface area contributed by atoms with Crippen LogP contribution >= 0.6 is 27.3 Å². The van der Waals surface area contributed by atoms with Crippen molar-refractivity contribution in [1.82, 2.24) is 15.2 Å². The van der Waals surface area contributed by atoms with Crippen molar-refractivity contribution in [3.05, 3.63) is 32.2 Å². The number of halogens is 1. The zero-order valence-corrected chi connectivity index (χ0v) is 11.6. The number of rotatable bonds is 2. The van der Waals surface area contributed by atoms with E-state index in [4.69, 9.17) is 0 Å². The average Bonchev–Trinajstić information content (AvgIpc) is 2.70. The predicted octanol–water partition coefficient (Wildman–Crippen LogP) is 2.56. The lowest BCUT2D eigenvalue weighted by molar-refractivity contribution is 0.102. The lowest BCUT2D eigenvalue weighted by Gasteiger charge is -2.03. The zero-order valence-electron chi connectivity index (χ0n) is 9.19. The molecule has 0 bridgehead atoms. The first-order valence-electron chi connectivity index (χ1n) is 4.80. The van der Waals surface area contributed by atoms with Gasteiger partial charge in [-0.25, -0.2) is 4.98 Å². The SMILES string of the molecule is Cc1nnc(NC(=O)c2sccc2Br)nc1C. The van der Waals surface area contributed by atoms with Crippen molar-refractivity contribution in [2.45, 2.75) is 13.8 Å². The topological polar surface area (TPSA) is 67.8 Å². The van der Waals surface area contributed by atoms with Gasteiger partial charge in [-0.3, -0.25) is 10.1 Å². The van der Waals surface area contributed by atoms with Crippen LogP contribution in [-0.4, -0.2) is 21.1 Å². The second kappa shape index (κ2) is 4.89. The third-order valence-corrected chi connectivity index (χ3v) is 3.98. The molecule has 0 atom stereocenters. The molecule has 7 heteroatoms. The molecule has 0 aliphatic heterocycles. The molecule has 2 aromatic rings. The maximum absolute atomic E-state index is 11.9. The van der Waals surface area contributed by atoms with Gasteiger partial charge in [-0.2, -0.15) is 5.10 Å². The molecule has 2 aromatic heterocycles. The van der Waals surface area contributed by atoms with Crippen LogP contribution in [0.2, 0.25) is 0 Å². The third-order valence-electron chi connectivity index (χ3n) is 2.14. The maximum Gasteiger partial charge on any atom is 0.269 e. The number of carbonyl (C=O) groups excluding carboxylic acids is 1. The van der Waals surface area contributed by atoms with Crippen molar-refractivity contribution in [3.8, 4) is 0 Å². The number of carbonyl (C=O) groups is 1. The Hall–Kier alpha value is -1.34. The van der Waals surface area contributed by atoms with Crippen LogP contribution in [0.15, 0.2) is 15.9 Å². The third kappa shape index (κ3) is 2.67. The van der Waals surface area contributed by atoms with Crippen LogP contribution < -0.4 is 5.32 Å². The van der Waals surface area contributed by atoms with Crippen molar-refractivity contribution in [1.29, 1.82) is 0 Å². The smallest absolute Gasteiger partial charge is 0.269 e. The fourth-order valence-electron chi connectivity index (χ4n) is 1.12. The number of amides is 1. The van der Waals surface area contributed by atoms with E-state index in [-0.39, 0.29) is 11.9 Å². The number of aryl methyl sites for hydroxylation is 2. The highest BCUT2D eigenvalue weighted by molar-refractivity contribution is 9.10. The summed E-state index contributed by atoms with van der Waals surface area (Å²) in [6.45, 7) is 3.64. The molecule has 2 heterocycles. The number of aromatic nitrogens is 3. The summed E-state index contributed by atoms with van der Waals surface area (Å²) >= 11 is 4.65. The van der Waals surface area contributed by atoms with Crippen LogP contribution in [0.5, 0.6) is 0 Å². The lowest BCUT2D eigenvalue weighted by atomic mass is 10.4. The van der Waals surface area contributed by atoms with Gasteiger partial charge in [0, 0.05) is 4.47 Å². The first-order valence-corrected chi connectivity index (χ1v) is 6.47. The minimum atomic E-state index is -0.239. The first-order chi connectivity index (χ1) is 8.08. The Balaban J connectivity index is 2.19. The van der Waals surface area contributed by atoms with E-state index < -0.39 is 0 Å². The van der Waals surface area contributed by atoms with Gasteiger partial charge in [-0.15, -0.1) is 16.4 Å². The van der Waals surface area contributed by atoms with Gasteiger partial charge in [-0.05, 0) is 41.2 Å². The van der Waals surface area contributed by atoms with Crippen LogP contribution in [0.3, 0.4) is 0 Å². The summed E-state index contributed by atoms with van der Waals surface area (Å²) in [7, 11) is 0. The Labute approximate surface area is 110 Å². The summed E-state index contributed by atoms with van der Waals surface area (Å²) in [5.41, 5.74) is 1.50. The molecule has 2 rings (SSSR count). The van der Waals surface area contributed by atoms with Crippen molar-refractivity contribution in [2.24, 2.45) is 0 Å². The van der Waals surface area contributed by atoms with Crippen molar-refractivity contribution < 1.29 is 4.79 Å². The van der Waals surface area contributed by atoms with Crippen molar-refractivity contribution in [3.63, 3.8) is 0 Å². The minimum absolute atomic E-state index is 0.221. The Kier molecular flexibility index (Phi) is 3.49. The van der Waals surface area contributed by atoms with Crippen LogP contribution in [-0.2, 0) is 0 Å². The number of nitrogens with zero attached hydrogens (tertiary/aromatic N) is 3. The largest absolute Gasteiger partial charge is 0.288 e. The molecule has 88 valence electrons. The Bertz CT molecular complexity index is 569. The van der Waals surface area contributed by atoms with Gasteiger partial charge in [0.05, 0.1) is 11.4 Å². The molecule has 0 unspecified atom stereocenters. The molecule has 0 aliphatic rings. The maximum atomic E-state index is 11.9. The van der Waals surface area contributed by atoms with E-state index >= 15 is 0 Å². The predicted molar refractivity (Wildman–Crippen MR) is 69.3 cm³/mol. The number of thiophene rings is 1. The summed E-state index contributed by atoms with van der Waals surface area (Å²) < 4.78 is 0.761. The normalized spacial score (nSPS) is 10.3. The lowest BCUT2D eigenvalue weighted by Crippen LogP contribution is -2.14. The fourth-order valence-corrected chi connectivity index (χ4v) is 2.57. The Morgan fingerprint density at radius 1 is 1.35 bits per heavy atom. The van der Waals surface area contributed by atoms with E-state index in [1.165, 1.54) is 11.3 Å². The van der Waals surface area contributed by atoms with Crippen LogP contribution in [0, 0.1) is 13.8 Å². The molecular weight excluding hydrogens is 304 g/mol. The van der Waals surface area contributed by atoms with Gasteiger partial charge in [-0.1, -0.05) is 0 Å². The molecule has 0 aliphatic carbocycles. The summed E-state index contributed by atoms with van der Waals surface area (Å²) in [4.78, 5) is 16.6. The number of hydrogen-bond donors (Lipinski definition) is 1. The highest BCUT2D eigenvalue weighted by atomic mass is 79.9. The van der Waals surface area contributed by atoms with Crippen molar-refractivity contribution >= 4 is 39.1 Å². The second-order valence-corrected chi connectivity index (χ2v) is 5.13. The molecule has 17 heavy (non-hydrogen) atoms. The van der Waals surface area contributed by atoms with Crippen LogP contribution in [0.1, 0.15) is 21.1 Å². The highest BCUT2D eigenvalue weighted by Gasteiger charge is 2.13. The zero-order chi connectivity index (χ0) is 12.4. The Morgan fingerprint density at radius 3 is 2.71 bits per heavy atom. The Morgan fingerprint density at radius 2 is 2.12 bits per heavy atom. The molecule has 1 N–H and O–H groups in total. The highest BCUT2D eigenvalue weighted by Crippen LogP contribution is 2.23. The molecule has 0 saturated carbocycles. The quantitative estimate of drug-likeness (QED) is 0.925. The van der Waals surface area contributed by atoms with E-state index in [0.717, 1.165) is 15.9 Å². The summed E-state index contributed by atoms with van der Waals surface area (Å²) in [6.07, 6.45) is 0. The molecule has 0 radical (unpaired) electrons. The molecule has 0 fully saturated rings. The van der Waals surface area contributed by atoms with Gasteiger partial charge in [0.2, 0.25) is 5.95 Å². The van der Waals surface area contributed by atoms with Crippen LogP contribution in [0.25, 0.3) is 0 Å². The molecule has 0 aromatic carbocycles. The average molecular weight is 313 g/mol. The molecule has 5 nitrogen and oxygen atoms in total. The van der Waals surface area contributed by atoms with E-state index in [1.807, 2.05) is 25.3 Å². The summed E-state index contributed by atoms with van der Waals surface area (Å²) in [5.74, 6) is -0.0182. The van der Waals surface area contributed by atoms with Gasteiger partial charge >= 0.3 is 0 Å². The van der Waals surface area contributed by atoms with E-state index in [9.17, 15) is 4.79 Å². The van der Waals surface area contributed by atoms with Crippen LogP contribution in [0.4, 0.5) is 5.95 Å². The summed E-state index contributed by atoms with van der Waals surface area (Å²) in [5, 5.41) is 12.2. The fraction of sp³-hybridized carbons (Fsp3) is 0.200. The van der Waals surface area contributed by atoms with E-state index in [1.54, 1.807) is 0 Å². The van der Waals surface area contributed by atoms with Gasteiger partial charge in [0.1, 0.15) is 4.88 Å². The first kappa shape index (κ1) is 12.1. The molecular formula is C10H9BrN4OS. The van der Waals surface area contributed by atoms with Gasteiger partial charge in [0.25, 0.3) is 5.91 Å². The van der Waals surface area contributed by atoms with E-state index in [2.05, 4.69) is 36.4 Å². The van der Waals surface area contributed by atoms with Crippen molar-refractivity contribution in [2.75, 3.05) is 5.32 Å². The standard InChI is InChI=1S/C10H9BrN4OS/c1-5-6(2)14-15-10(12-5)13-9(16)8-7(11)3-4-17-8/h3-4H,1-2H3,(H,12,13,15,16). The van der Waals surface area contributed by atoms with E-state index in [0.29, 0.717) is 4.88 Å². The summed E-state index contributed by atoms with van der Waals surface area (Å²) in [6, 6.07) is 1.82.